The smallest absolute Gasteiger partial charge is 0.341 e. The van der Waals surface area contributed by atoms with E-state index in [0.29, 0.717) is 30.2 Å². The molecule has 1 amide bonds. The third kappa shape index (κ3) is 4.19. The van der Waals surface area contributed by atoms with Crippen LogP contribution in [0.2, 0.25) is 0 Å². The molecule has 1 aliphatic rings. The predicted octanol–water partition coefficient (Wildman–Crippen LogP) is 3.28. The van der Waals surface area contributed by atoms with Gasteiger partial charge in [0.25, 0.3) is 5.91 Å². The number of benzene rings is 2. The number of carbonyl (C=O) groups excluding carboxylic acids is 1. The normalized spacial score (nSPS) is 15.4. The Bertz CT molecular complexity index is 894. The Morgan fingerprint density at radius 2 is 1.96 bits per heavy atom. The van der Waals surface area contributed by atoms with E-state index in [-0.39, 0.29) is 17.8 Å². The van der Waals surface area contributed by atoms with Crippen LogP contribution in [-0.4, -0.2) is 42.8 Å². The quantitative estimate of drug-likeness (QED) is 0.821. The summed E-state index contributed by atoms with van der Waals surface area (Å²) in [6.45, 7) is 5.99. The molecule has 1 N–H and O–H groups in total. The molecule has 2 aromatic rings. The third-order valence-electron chi connectivity index (χ3n) is 4.26. The van der Waals surface area contributed by atoms with Crippen LogP contribution in [0.5, 0.6) is 17.2 Å². The molecule has 0 radical (unpaired) electrons. The van der Waals surface area contributed by atoms with Crippen molar-refractivity contribution in [3.05, 3.63) is 47.5 Å². The Morgan fingerprint density at radius 3 is 2.68 bits per heavy atom. The lowest BCUT2D eigenvalue weighted by molar-refractivity contribution is -0.139. The number of hydrogen-bond donors (Lipinski definition) is 1. The second-order valence-electron chi connectivity index (χ2n) is 6.59. The number of fused-ring (bicyclic) bond motifs is 1. The fraction of sp³-hybridized carbons (Fsp3) is 0.333. The molecule has 0 aliphatic carbocycles. The van der Waals surface area contributed by atoms with E-state index in [2.05, 4.69) is 0 Å². The highest BCUT2D eigenvalue weighted by molar-refractivity contribution is 6.07. The van der Waals surface area contributed by atoms with Gasteiger partial charge in [-0.2, -0.15) is 0 Å². The number of aliphatic carboxylic acids is 1. The number of carbonyl (C=O) groups is 2. The van der Waals surface area contributed by atoms with E-state index in [1.807, 2.05) is 32.0 Å². The van der Waals surface area contributed by atoms with Crippen LogP contribution in [-0.2, 0) is 4.79 Å². The fourth-order valence-corrected chi connectivity index (χ4v) is 3.06. The molecule has 3 rings (SSSR count). The summed E-state index contributed by atoms with van der Waals surface area (Å²) in [5.74, 6) is 0.0218. The molecule has 28 heavy (non-hydrogen) atoms. The maximum Gasteiger partial charge on any atom is 0.341 e. The topological polar surface area (TPSA) is 85.3 Å². The van der Waals surface area contributed by atoms with Gasteiger partial charge >= 0.3 is 5.97 Å². The number of hydrogen-bond acceptors (Lipinski definition) is 5. The molecule has 0 spiro atoms. The molecule has 1 heterocycles. The van der Waals surface area contributed by atoms with Gasteiger partial charge in [0.05, 0.1) is 18.8 Å². The van der Waals surface area contributed by atoms with Gasteiger partial charge < -0.3 is 24.2 Å². The molecule has 2 aromatic carbocycles. The summed E-state index contributed by atoms with van der Waals surface area (Å²) in [5, 5.41) is 8.81. The minimum Gasteiger partial charge on any atom is -0.490 e. The monoisotopic (exact) mass is 385 g/mol. The van der Waals surface area contributed by atoms with E-state index in [4.69, 9.17) is 19.3 Å². The number of aryl methyl sites for hydroxylation is 1. The molecule has 7 nitrogen and oxygen atoms in total. The summed E-state index contributed by atoms with van der Waals surface area (Å²) in [6, 6.07) is 10.5. The SMILES string of the molecule is CCOc1cc(C(=O)N2CC(C)Oc3cc(C)ccc32)ccc1OCC(=O)O. The molecule has 1 atom stereocenters. The van der Waals surface area contributed by atoms with Crippen molar-refractivity contribution in [1.29, 1.82) is 0 Å². The average Bonchev–Trinajstić information content (AvgIpc) is 2.65. The third-order valence-corrected chi connectivity index (χ3v) is 4.26. The first-order valence-corrected chi connectivity index (χ1v) is 9.09. The molecule has 1 aliphatic heterocycles. The molecule has 148 valence electrons. The number of rotatable bonds is 6. The Kier molecular flexibility index (Phi) is 5.73. The van der Waals surface area contributed by atoms with Gasteiger partial charge in [-0.15, -0.1) is 0 Å². The molecule has 0 saturated carbocycles. The summed E-state index contributed by atoms with van der Waals surface area (Å²) in [4.78, 5) is 25.6. The van der Waals surface area contributed by atoms with E-state index in [9.17, 15) is 9.59 Å². The van der Waals surface area contributed by atoms with Gasteiger partial charge in [-0.25, -0.2) is 4.79 Å². The van der Waals surface area contributed by atoms with Gasteiger partial charge in [0, 0.05) is 5.56 Å². The second-order valence-corrected chi connectivity index (χ2v) is 6.59. The van der Waals surface area contributed by atoms with Gasteiger partial charge in [0.2, 0.25) is 0 Å². The zero-order valence-electron chi connectivity index (χ0n) is 16.1. The predicted molar refractivity (Wildman–Crippen MR) is 104 cm³/mol. The van der Waals surface area contributed by atoms with E-state index in [1.165, 1.54) is 0 Å². The summed E-state index contributed by atoms with van der Waals surface area (Å²) >= 11 is 0. The van der Waals surface area contributed by atoms with Gasteiger partial charge in [0.15, 0.2) is 18.1 Å². The lowest BCUT2D eigenvalue weighted by Crippen LogP contribution is -2.42. The van der Waals surface area contributed by atoms with Gasteiger partial charge in [-0.3, -0.25) is 4.79 Å². The summed E-state index contributed by atoms with van der Waals surface area (Å²) in [7, 11) is 0. The number of nitrogens with zero attached hydrogens (tertiary/aromatic N) is 1. The fourth-order valence-electron chi connectivity index (χ4n) is 3.06. The summed E-state index contributed by atoms with van der Waals surface area (Å²) in [5.41, 5.74) is 2.20. The second kappa shape index (κ2) is 8.21. The van der Waals surface area contributed by atoms with Crippen LogP contribution < -0.4 is 19.1 Å². The van der Waals surface area contributed by atoms with Crippen molar-refractivity contribution in [2.24, 2.45) is 0 Å². The van der Waals surface area contributed by atoms with Crippen molar-refractivity contribution >= 4 is 17.6 Å². The van der Waals surface area contributed by atoms with Gasteiger partial charge in [-0.05, 0) is 56.7 Å². The maximum atomic E-state index is 13.2. The van der Waals surface area contributed by atoms with E-state index in [1.54, 1.807) is 30.0 Å². The standard InChI is InChI=1S/C21H23NO6/c1-4-26-19-10-15(6-8-17(19)27-12-20(23)24)21(25)22-11-14(3)28-18-9-13(2)5-7-16(18)22/h5-10,14H,4,11-12H2,1-3H3,(H,23,24). The zero-order valence-corrected chi connectivity index (χ0v) is 16.1. The zero-order chi connectivity index (χ0) is 20.3. The lowest BCUT2D eigenvalue weighted by atomic mass is 10.1. The molecule has 0 bridgehead atoms. The van der Waals surface area contributed by atoms with Crippen LogP contribution in [0.3, 0.4) is 0 Å². The van der Waals surface area contributed by atoms with Gasteiger partial charge in [-0.1, -0.05) is 6.07 Å². The molecule has 1 unspecified atom stereocenters. The molecular formula is C21H23NO6. The van der Waals surface area contributed by atoms with Crippen LogP contribution >= 0.6 is 0 Å². The minimum absolute atomic E-state index is 0.136. The van der Waals surface area contributed by atoms with Crippen molar-refractivity contribution in [1.82, 2.24) is 0 Å². The largest absolute Gasteiger partial charge is 0.490 e. The minimum atomic E-state index is -1.09. The van der Waals surface area contributed by atoms with Crippen LogP contribution in [0.25, 0.3) is 0 Å². The molecule has 0 fully saturated rings. The number of ether oxygens (including phenoxy) is 3. The number of anilines is 1. The van der Waals surface area contributed by atoms with Crippen molar-refractivity contribution in [3.63, 3.8) is 0 Å². The summed E-state index contributed by atoms with van der Waals surface area (Å²) < 4.78 is 16.7. The van der Waals surface area contributed by atoms with Crippen molar-refractivity contribution < 1.29 is 28.9 Å². The van der Waals surface area contributed by atoms with E-state index in [0.717, 1.165) is 11.3 Å². The number of amides is 1. The first-order valence-electron chi connectivity index (χ1n) is 9.09. The van der Waals surface area contributed by atoms with Crippen LogP contribution in [0, 0.1) is 6.92 Å². The van der Waals surface area contributed by atoms with Crippen molar-refractivity contribution in [2.75, 3.05) is 24.7 Å². The average molecular weight is 385 g/mol. The maximum absolute atomic E-state index is 13.2. The molecule has 0 saturated heterocycles. The first kappa shape index (κ1) is 19.5. The number of carboxylic acid groups (broad SMARTS) is 1. The van der Waals surface area contributed by atoms with Crippen molar-refractivity contribution in [2.45, 2.75) is 26.9 Å². The Balaban J connectivity index is 1.92. The molecule has 7 heteroatoms. The van der Waals surface area contributed by atoms with Crippen LogP contribution in [0.1, 0.15) is 29.8 Å². The highest BCUT2D eigenvalue weighted by Gasteiger charge is 2.29. The Labute approximate surface area is 163 Å². The Hall–Kier alpha value is -3.22. The van der Waals surface area contributed by atoms with E-state index >= 15 is 0 Å². The highest BCUT2D eigenvalue weighted by atomic mass is 16.5. The molecule has 0 aromatic heterocycles. The van der Waals surface area contributed by atoms with E-state index < -0.39 is 12.6 Å². The highest BCUT2D eigenvalue weighted by Crippen LogP contribution is 2.36. The van der Waals surface area contributed by atoms with Gasteiger partial charge in [0.1, 0.15) is 11.9 Å². The first-order chi connectivity index (χ1) is 13.4. The molecular weight excluding hydrogens is 362 g/mol. The summed E-state index contributed by atoms with van der Waals surface area (Å²) in [6.07, 6.45) is -0.136. The Morgan fingerprint density at radius 1 is 1.18 bits per heavy atom. The number of carboxylic acids is 1. The van der Waals surface area contributed by atoms with Crippen LogP contribution in [0.15, 0.2) is 36.4 Å². The van der Waals surface area contributed by atoms with Crippen molar-refractivity contribution in [3.8, 4) is 17.2 Å². The van der Waals surface area contributed by atoms with Crippen LogP contribution in [0.4, 0.5) is 5.69 Å². The lowest BCUT2D eigenvalue weighted by Gasteiger charge is -2.33.